The minimum absolute atomic E-state index is 0. The Hall–Kier alpha value is -0.890. The highest BCUT2D eigenvalue weighted by Crippen LogP contribution is 2.14. The van der Waals surface area contributed by atoms with E-state index in [9.17, 15) is 4.39 Å². The second-order valence-corrected chi connectivity index (χ2v) is 5.23. The van der Waals surface area contributed by atoms with Crippen LogP contribution in [0.1, 0.15) is 24.8 Å². The van der Waals surface area contributed by atoms with Crippen molar-refractivity contribution in [2.75, 3.05) is 26.7 Å². The average Bonchev–Trinajstić information content (AvgIpc) is 2.99. The van der Waals surface area contributed by atoms with Gasteiger partial charge in [0.05, 0.1) is 6.10 Å². The van der Waals surface area contributed by atoms with E-state index in [1.165, 1.54) is 12.5 Å². The number of nitrogens with one attached hydrogen (secondary N) is 2. The molecule has 1 aliphatic heterocycles. The van der Waals surface area contributed by atoms with Crippen LogP contribution in [-0.4, -0.2) is 38.8 Å². The van der Waals surface area contributed by atoms with E-state index in [4.69, 9.17) is 4.74 Å². The van der Waals surface area contributed by atoms with Crippen molar-refractivity contribution in [3.63, 3.8) is 0 Å². The summed E-state index contributed by atoms with van der Waals surface area (Å²) in [4.78, 5) is 4.18. The molecule has 1 heterocycles. The standard InChI is InChI=1S/C16H24FN3O.HI/c1-18-16(20-10-8-15-6-3-11-21-15)19-9-7-13-4-2-5-14(17)12-13;/h2,4-5,12,15H,3,6-11H2,1H3,(H2,18,19,20);1H. The Labute approximate surface area is 148 Å². The van der Waals surface area contributed by atoms with E-state index < -0.39 is 0 Å². The molecule has 1 aromatic rings. The normalized spacial score (nSPS) is 17.9. The first-order valence-electron chi connectivity index (χ1n) is 7.58. The Morgan fingerprint density at radius 1 is 1.36 bits per heavy atom. The molecule has 0 radical (unpaired) electrons. The van der Waals surface area contributed by atoms with Gasteiger partial charge in [-0.3, -0.25) is 4.99 Å². The lowest BCUT2D eigenvalue weighted by atomic mass is 10.1. The van der Waals surface area contributed by atoms with Crippen molar-refractivity contribution in [3.05, 3.63) is 35.6 Å². The van der Waals surface area contributed by atoms with Crippen LogP contribution < -0.4 is 10.6 Å². The highest BCUT2D eigenvalue weighted by atomic mass is 127. The number of hydrogen-bond acceptors (Lipinski definition) is 2. The maximum Gasteiger partial charge on any atom is 0.190 e. The summed E-state index contributed by atoms with van der Waals surface area (Å²) in [6.45, 7) is 2.47. The van der Waals surface area contributed by atoms with Crippen molar-refractivity contribution in [2.24, 2.45) is 4.99 Å². The van der Waals surface area contributed by atoms with Gasteiger partial charge in [-0.25, -0.2) is 4.39 Å². The molecule has 2 rings (SSSR count). The summed E-state index contributed by atoms with van der Waals surface area (Å²) in [6, 6.07) is 6.69. The van der Waals surface area contributed by atoms with Crippen LogP contribution in [0.15, 0.2) is 29.3 Å². The van der Waals surface area contributed by atoms with Gasteiger partial charge in [-0.1, -0.05) is 12.1 Å². The van der Waals surface area contributed by atoms with E-state index in [-0.39, 0.29) is 29.8 Å². The van der Waals surface area contributed by atoms with Crippen LogP contribution in [-0.2, 0) is 11.2 Å². The van der Waals surface area contributed by atoms with Crippen LogP contribution in [0.2, 0.25) is 0 Å². The number of halogens is 2. The summed E-state index contributed by atoms with van der Waals surface area (Å²) in [7, 11) is 1.75. The van der Waals surface area contributed by atoms with E-state index in [0.717, 1.165) is 50.5 Å². The van der Waals surface area contributed by atoms with Crippen LogP contribution in [0.25, 0.3) is 0 Å². The number of aliphatic imine (C=N–C) groups is 1. The maximum absolute atomic E-state index is 13.1. The summed E-state index contributed by atoms with van der Waals surface area (Å²) in [5, 5.41) is 6.52. The van der Waals surface area contributed by atoms with Gasteiger partial charge < -0.3 is 15.4 Å². The Bertz CT molecular complexity index is 464. The predicted molar refractivity (Wildman–Crippen MR) is 98.5 cm³/mol. The van der Waals surface area contributed by atoms with Crippen molar-refractivity contribution < 1.29 is 9.13 Å². The van der Waals surface area contributed by atoms with Gasteiger partial charge in [-0.2, -0.15) is 0 Å². The molecule has 0 saturated carbocycles. The zero-order valence-electron chi connectivity index (χ0n) is 13.0. The van der Waals surface area contributed by atoms with Gasteiger partial charge in [0.15, 0.2) is 5.96 Å². The van der Waals surface area contributed by atoms with Crippen LogP contribution in [0.5, 0.6) is 0 Å². The molecule has 1 atom stereocenters. The molecule has 0 bridgehead atoms. The quantitative estimate of drug-likeness (QED) is 0.422. The lowest BCUT2D eigenvalue weighted by Crippen LogP contribution is -2.39. The zero-order chi connectivity index (χ0) is 14.9. The van der Waals surface area contributed by atoms with Crippen molar-refractivity contribution >= 4 is 29.9 Å². The van der Waals surface area contributed by atoms with E-state index in [1.54, 1.807) is 19.2 Å². The third kappa shape index (κ3) is 6.91. The van der Waals surface area contributed by atoms with Crippen molar-refractivity contribution in [3.8, 4) is 0 Å². The number of hydrogen-bond donors (Lipinski definition) is 2. The van der Waals surface area contributed by atoms with Gasteiger partial charge >= 0.3 is 0 Å². The van der Waals surface area contributed by atoms with E-state index in [0.29, 0.717) is 6.10 Å². The number of benzene rings is 1. The second-order valence-electron chi connectivity index (χ2n) is 5.23. The third-order valence-electron chi connectivity index (χ3n) is 3.60. The highest BCUT2D eigenvalue weighted by Gasteiger charge is 2.14. The molecule has 0 amide bonds. The molecular formula is C16H25FIN3O. The molecule has 22 heavy (non-hydrogen) atoms. The molecule has 0 aromatic heterocycles. The number of ether oxygens (including phenoxy) is 1. The van der Waals surface area contributed by atoms with Crippen LogP contribution >= 0.6 is 24.0 Å². The fourth-order valence-electron chi connectivity index (χ4n) is 2.46. The number of guanidine groups is 1. The molecule has 4 nitrogen and oxygen atoms in total. The van der Waals surface area contributed by atoms with Gasteiger partial charge in [0.1, 0.15) is 5.82 Å². The van der Waals surface area contributed by atoms with E-state index >= 15 is 0 Å². The summed E-state index contributed by atoms with van der Waals surface area (Å²) >= 11 is 0. The van der Waals surface area contributed by atoms with Gasteiger partial charge in [0, 0.05) is 26.7 Å². The maximum atomic E-state index is 13.1. The van der Waals surface area contributed by atoms with Crippen molar-refractivity contribution in [2.45, 2.75) is 31.8 Å². The molecule has 2 N–H and O–H groups in total. The molecule has 1 aliphatic rings. The fraction of sp³-hybridized carbons (Fsp3) is 0.562. The van der Waals surface area contributed by atoms with Gasteiger partial charge in [0.2, 0.25) is 0 Å². The largest absolute Gasteiger partial charge is 0.378 e. The molecule has 0 spiro atoms. The predicted octanol–water partition coefficient (Wildman–Crippen LogP) is 2.72. The Kier molecular flexibility index (Phi) is 9.38. The average molecular weight is 421 g/mol. The van der Waals surface area contributed by atoms with Crippen LogP contribution in [0.3, 0.4) is 0 Å². The fourth-order valence-corrected chi connectivity index (χ4v) is 2.46. The summed E-state index contributed by atoms with van der Waals surface area (Å²) in [5.41, 5.74) is 0.984. The molecule has 1 fully saturated rings. The molecule has 6 heteroatoms. The first-order valence-corrected chi connectivity index (χ1v) is 7.58. The molecule has 1 unspecified atom stereocenters. The molecular weight excluding hydrogens is 396 g/mol. The van der Waals surface area contributed by atoms with Crippen LogP contribution in [0, 0.1) is 5.82 Å². The smallest absolute Gasteiger partial charge is 0.190 e. The van der Waals surface area contributed by atoms with E-state index in [1.807, 2.05) is 6.07 Å². The Morgan fingerprint density at radius 2 is 2.18 bits per heavy atom. The SMILES string of the molecule is CN=C(NCCc1cccc(F)c1)NCCC1CCCO1.I. The highest BCUT2D eigenvalue weighted by molar-refractivity contribution is 14.0. The van der Waals surface area contributed by atoms with Gasteiger partial charge in [-0.05, 0) is 43.4 Å². The number of rotatable bonds is 6. The third-order valence-corrected chi connectivity index (χ3v) is 3.60. The first-order chi connectivity index (χ1) is 10.3. The number of nitrogens with zero attached hydrogens (tertiary/aromatic N) is 1. The second kappa shape index (κ2) is 10.8. The van der Waals surface area contributed by atoms with Crippen LogP contribution in [0.4, 0.5) is 4.39 Å². The molecule has 1 saturated heterocycles. The summed E-state index contributed by atoms with van der Waals surface area (Å²) in [5.74, 6) is 0.593. The van der Waals surface area contributed by atoms with Gasteiger partial charge in [0.25, 0.3) is 0 Å². The Balaban J connectivity index is 0.00000242. The lowest BCUT2D eigenvalue weighted by molar-refractivity contribution is 0.105. The summed E-state index contributed by atoms with van der Waals surface area (Å²) < 4.78 is 18.6. The molecule has 124 valence electrons. The lowest BCUT2D eigenvalue weighted by Gasteiger charge is -2.14. The zero-order valence-corrected chi connectivity index (χ0v) is 15.3. The molecule has 1 aromatic carbocycles. The topological polar surface area (TPSA) is 45.7 Å². The monoisotopic (exact) mass is 421 g/mol. The van der Waals surface area contributed by atoms with Crippen molar-refractivity contribution in [1.29, 1.82) is 0 Å². The first kappa shape index (κ1) is 19.2. The molecule has 0 aliphatic carbocycles. The van der Waals surface area contributed by atoms with Crippen molar-refractivity contribution in [1.82, 2.24) is 10.6 Å². The Morgan fingerprint density at radius 3 is 2.86 bits per heavy atom. The van der Waals surface area contributed by atoms with Gasteiger partial charge in [-0.15, -0.1) is 24.0 Å². The summed E-state index contributed by atoms with van der Waals surface area (Å²) in [6.07, 6.45) is 4.50. The van der Waals surface area contributed by atoms with E-state index in [2.05, 4.69) is 15.6 Å². The minimum Gasteiger partial charge on any atom is -0.378 e. The minimum atomic E-state index is -0.188.